The smallest absolute Gasteiger partial charge is 0.253 e. The Labute approximate surface area is 169 Å². The van der Waals surface area contributed by atoms with Crippen LogP contribution in [0.25, 0.3) is 11.0 Å². The van der Waals surface area contributed by atoms with Crippen molar-refractivity contribution in [2.75, 3.05) is 13.1 Å². The Kier molecular flexibility index (Phi) is 5.05. The number of benzene rings is 1. The van der Waals surface area contributed by atoms with E-state index in [9.17, 15) is 9.59 Å². The minimum atomic E-state index is -0.173. The Balaban J connectivity index is 1.53. The summed E-state index contributed by atoms with van der Waals surface area (Å²) >= 11 is 0. The number of rotatable bonds is 4. The third-order valence-electron chi connectivity index (χ3n) is 5.36. The van der Waals surface area contributed by atoms with Gasteiger partial charge in [0.05, 0.1) is 16.6 Å². The first-order valence-corrected chi connectivity index (χ1v) is 9.91. The lowest BCUT2D eigenvalue weighted by atomic mass is 10.1. The Bertz CT molecular complexity index is 1100. The van der Waals surface area contributed by atoms with Crippen LogP contribution in [0.3, 0.4) is 0 Å². The Morgan fingerprint density at radius 2 is 1.90 bits per heavy atom. The average Bonchev–Trinajstić information content (AvgIpc) is 3.34. The zero-order valence-corrected chi connectivity index (χ0v) is 17.0. The van der Waals surface area contributed by atoms with Crippen molar-refractivity contribution in [3.63, 3.8) is 0 Å². The minimum Gasteiger partial charge on any atom is -0.348 e. The number of likely N-dealkylation sites (tertiary alicyclic amines) is 1. The van der Waals surface area contributed by atoms with E-state index in [1.54, 1.807) is 10.7 Å². The quantitative estimate of drug-likeness (QED) is 0.742. The fourth-order valence-electron chi connectivity index (χ4n) is 3.94. The van der Waals surface area contributed by atoms with Crippen LogP contribution in [0.15, 0.2) is 30.3 Å². The summed E-state index contributed by atoms with van der Waals surface area (Å²) in [7, 11) is 1.83. The first kappa shape index (κ1) is 19.1. The number of hydrogen-bond acceptors (Lipinski definition) is 4. The van der Waals surface area contributed by atoms with Crippen LogP contribution >= 0.6 is 0 Å². The van der Waals surface area contributed by atoms with Gasteiger partial charge in [0.2, 0.25) is 0 Å². The second-order valence-electron chi connectivity index (χ2n) is 7.60. The Hall–Kier alpha value is -3.22. The maximum atomic E-state index is 12.9. The molecule has 1 saturated heterocycles. The molecule has 0 aliphatic carbocycles. The molecule has 0 bridgehead atoms. The molecule has 1 aliphatic rings. The number of hydrogen-bond donors (Lipinski definition) is 1. The van der Waals surface area contributed by atoms with Gasteiger partial charge in [-0.05, 0) is 50.5 Å². The molecule has 150 valence electrons. The lowest BCUT2D eigenvalue weighted by Gasteiger charge is -2.15. The molecule has 0 unspecified atom stereocenters. The van der Waals surface area contributed by atoms with Crippen molar-refractivity contribution in [2.24, 2.45) is 7.05 Å². The summed E-state index contributed by atoms with van der Waals surface area (Å²) in [6, 6.07) is 9.28. The number of aromatic nitrogens is 3. The lowest BCUT2D eigenvalue weighted by molar-refractivity contribution is 0.0792. The fourth-order valence-corrected chi connectivity index (χ4v) is 3.94. The molecule has 1 N–H and O–H groups in total. The maximum Gasteiger partial charge on any atom is 0.253 e. The highest BCUT2D eigenvalue weighted by atomic mass is 16.2. The SMILES string of the molecule is Cc1cc(C(=O)NCc2cccc(C(=O)N3CCCC3)c2)c2c(C)nn(C)c2n1. The lowest BCUT2D eigenvalue weighted by Crippen LogP contribution is -2.28. The van der Waals surface area contributed by atoms with Crippen molar-refractivity contribution in [3.05, 3.63) is 58.4 Å². The first-order valence-electron chi connectivity index (χ1n) is 9.91. The average molecular weight is 391 g/mol. The molecule has 3 aromatic rings. The van der Waals surface area contributed by atoms with E-state index >= 15 is 0 Å². The van der Waals surface area contributed by atoms with Gasteiger partial charge in [-0.2, -0.15) is 5.10 Å². The van der Waals surface area contributed by atoms with Crippen molar-refractivity contribution in [1.29, 1.82) is 0 Å². The summed E-state index contributed by atoms with van der Waals surface area (Å²) in [6.45, 7) is 5.74. The number of carbonyl (C=O) groups is 2. The molecular formula is C22H25N5O2. The van der Waals surface area contributed by atoms with E-state index in [1.807, 2.05) is 50.1 Å². The van der Waals surface area contributed by atoms with Crippen molar-refractivity contribution < 1.29 is 9.59 Å². The minimum absolute atomic E-state index is 0.0631. The second-order valence-corrected chi connectivity index (χ2v) is 7.60. The molecule has 0 atom stereocenters. The molecule has 2 amide bonds. The number of aryl methyl sites for hydroxylation is 3. The van der Waals surface area contributed by atoms with E-state index in [2.05, 4.69) is 15.4 Å². The van der Waals surface area contributed by atoms with Gasteiger partial charge in [0.15, 0.2) is 5.65 Å². The summed E-state index contributed by atoms with van der Waals surface area (Å²) in [5, 5.41) is 8.14. The molecule has 29 heavy (non-hydrogen) atoms. The van der Waals surface area contributed by atoms with Gasteiger partial charge in [-0.3, -0.25) is 14.3 Å². The van der Waals surface area contributed by atoms with Crippen molar-refractivity contribution in [3.8, 4) is 0 Å². The van der Waals surface area contributed by atoms with E-state index in [0.717, 1.165) is 48.3 Å². The van der Waals surface area contributed by atoms with Crippen LogP contribution in [0.2, 0.25) is 0 Å². The van der Waals surface area contributed by atoms with Crippen LogP contribution in [0.4, 0.5) is 0 Å². The van der Waals surface area contributed by atoms with Gasteiger partial charge in [-0.1, -0.05) is 12.1 Å². The van der Waals surface area contributed by atoms with Gasteiger partial charge in [0.1, 0.15) is 0 Å². The van der Waals surface area contributed by atoms with Crippen molar-refractivity contribution in [1.82, 2.24) is 25.0 Å². The number of fused-ring (bicyclic) bond motifs is 1. The topological polar surface area (TPSA) is 80.1 Å². The molecule has 7 heteroatoms. The van der Waals surface area contributed by atoms with Crippen LogP contribution in [0.5, 0.6) is 0 Å². The molecule has 3 heterocycles. The highest BCUT2D eigenvalue weighted by Crippen LogP contribution is 2.22. The molecule has 1 aromatic carbocycles. The predicted octanol–water partition coefficient (Wildman–Crippen LogP) is 2.75. The fraction of sp³-hybridized carbons (Fsp3) is 0.364. The molecule has 0 radical (unpaired) electrons. The van der Waals surface area contributed by atoms with Crippen molar-refractivity contribution in [2.45, 2.75) is 33.2 Å². The van der Waals surface area contributed by atoms with Crippen LogP contribution < -0.4 is 5.32 Å². The molecule has 7 nitrogen and oxygen atoms in total. The van der Waals surface area contributed by atoms with E-state index in [1.165, 1.54) is 0 Å². The molecular weight excluding hydrogens is 366 g/mol. The van der Waals surface area contributed by atoms with Gasteiger partial charge in [0, 0.05) is 37.9 Å². The number of nitrogens with one attached hydrogen (secondary N) is 1. The molecule has 1 fully saturated rings. The van der Waals surface area contributed by atoms with E-state index in [-0.39, 0.29) is 11.8 Å². The van der Waals surface area contributed by atoms with E-state index in [0.29, 0.717) is 23.3 Å². The normalized spacial score (nSPS) is 13.8. The van der Waals surface area contributed by atoms with Gasteiger partial charge < -0.3 is 10.2 Å². The zero-order valence-electron chi connectivity index (χ0n) is 17.0. The summed E-state index contributed by atoms with van der Waals surface area (Å²) in [4.78, 5) is 31.9. The molecule has 0 spiro atoms. The van der Waals surface area contributed by atoms with Crippen LogP contribution in [-0.4, -0.2) is 44.6 Å². The van der Waals surface area contributed by atoms with E-state index < -0.39 is 0 Å². The largest absolute Gasteiger partial charge is 0.348 e. The Morgan fingerprint density at radius 3 is 2.66 bits per heavy atom. The zero-order chi connectivity index (χ0) is 20.5. The number of pyridine rings is 1. The van der Waals surface area contributed by atoms with Crippen LogP contribution in [-0.2, 0) is 13.6 Å². The van der Waals surface area contributed by atoms with Crippen LogP contribution in [0.1, 0.15) is 50.5 Å². The summed E-state index contributed by atoms with van der Waals surface area (Å²) in [5.74, 6) is -0.110. The van der Waals surface area contributed by atoms with Crippen molar-refractivity contribution >= 4 is 22.8 Å². The number of nitrogens with zero attached hydrogens (tertiary/aromatic N) is 4. The maximum absolute atomic E-state index is 12.9. The van der Waals surface area contributed by atoms with Crippen LogP contribution in [0, 0.1) is 13.8 Å². The third-order valence-corrected chi connectivity index (χ3v) is 5.36. The summed E-state index contributed by atoms with van der Waals surface area (Å²) < 4.78 is 1.70. The first-order chi connectivity index (χ1) is 13.9. The number of carbonyl (C=O) groups excluding carboxylic acids is 2. The van der Waals surface area contributed by atoms with Gasteiger partial charge in [0.25, 0.3) is 11.8 Å². The highest BCUT2D eigenvalue weighted by Gasteiger charge is 2.20. The predicted molar refractivity (Wildman–Crippen MR) is 111 cm³/mol. The second kappa shape index (κ2) is 7.66. The Morgan fingerprint density at radius 1 is 1.14 bits per heavy atom. The molecule has 4 rings (SSSR count). The van der Waals surface area contributed by atoms with Gasteiger partial charge in [-0.25, -0.2) is 4.98 Å². The summed E-state index contributed by atoms with van der Waals surface area (Å²) in [6.07, 6.45) is 2.13. The third kappa shape index (κ3) is 3.72. The van der Waals surface area contributed by atoms with Gasteiger partial charge >= 0.3 is 0 Å². The molecule has 1 aliphatic heterocycles. The van der Waals surface area contributed by atoms with E-state index in [4.69, 9.17) is 0 Å². The van der Waals surface area contributed by atoms with Gasteiger partial charge in [-0.15, -0.1) is 0 Å². The summed E-state index contributed by atoms with van der Waals surface area (Å²) in [5.41, 5.74) is 4.38. The standard InChI is InChI=1S/C22H25N5O2/c1-14-11-18(19-15(2)25-26(3)20(19)24-14)21(28)23-13-16-7-6-8-17(12-16)22(29)27-9-4-5-10-27/h6-8,11-12H,4-5,9-10,13H2,1-3H3,(H,23,28). The highest BCUT2D eigenvalue weighted by molar-refractivity contribution is 6.06. The monoisotopic (exact) mass is 391 g/mol. The molecule has 2 aromatic heterocycles. The number of amides is 2. The molecule has 0 saturated carbocycles.